The molecule has 3 atom stereocenters. The van der Waals surface area contributed by atoms with Crippen LogP contribution in [-0.2, 0) is 19.1 Å². The summed E-state index contributed by atoms with van der Waals surface area (Å²) in [4.78, 5) is 23.3. The summed E-state index contributed by atoms with van der Waals surface area (Å²) in [5.74, 6) is -1.83. The van der Waals surface area contributed by atoms with Gasteiger partial charge in [0.05, 0.1) is 20.3 Å². The first-order valence-electron chi connectivity index (χ1n) is 6.87. The van der Waals surface area contributed by atoms with E-state index in [0.29, 0.717) is 12.8 Å². The van der Waals surface area contributed by atoms with Crippen molar-refractivity contribution in [3.63, 3.8) is 0 Å². The summed E-state index contributed by atoms with van der Waals surface area (Å²) < 4.78 is 9.29. The predicted molar refractivity (Wildman–Crippen MR) is 73.8 cm³/mol. The van der Waals surface area contributed by atoms with E-state index in [1.807, 2.05) is 13.0 Å². The quantitative estimate of drug-likeness (QED) is 0.472. The maximum atomic E-state index is 11.7. The molecule has 1 N–H and O–H groups in total. The molecule has 1 rings (SSSR count). The van der Waals surface area contributed by atoms with Crippen molar-refractivity contribution in [3.8, 4) is 0 Å². The number of ether oxygens (including phenoxy) is 2. The van der Waals surface area contributed by atoms with Gasteiger partial charge in [0.1, 0.15) is 0 Å². The Labute approximate surface area is 119 Å². The number of allylic oxidation sites excluding steroid dienone is 1. The summed E-state index contributed by atoms with van der Waals surface area (Å²) in [7, 11) is 2.50. The van der Waals surface area contributed by atoms with E-state index in [9.17, 15) is 14.7 Å². The van der Waals surface area contributed by atoms with Crippen molar-refractivity contribution in [1.82, 2.24) is 0 Å². The third kappa shape index (κ3) is 3.39. The van der Waals surface area contributed by atoms with Gasteiger partial charge in [0.25, 0.3) is 0 Å². The van der Waals surface area contributed by atoms with E-state index in [1.165, 1.54) is 14.2 Å². The highest BCUT2D eigenvalue weighted by atomic mass is 16.5. The van der Waals surface area contributed by atoms with E-state index in [-0.39, 0.29) is 11.3 Å². The van der Waals surface area contributed by atoms with Crippen LogP contribution in [0.25, 0.3) is 0 Å². The minimum Gasteiger partial charge on any atom is -0.468 e. The van der Waals surface area contributed by atoms with E-state index < -0.39 is 24.0 Å². The molecule has 1 unspecified atom stereocenters. The van der Waals surface area contributed by atoms with Crippen LogP contribution in [0.3, 0.4) is 0 Å². The van der Waals surface area contributed by atoms with Crippen LogP contribution in [-0.4, -0.2) is 37.4 Å². The summed E-state index contributed by atoms with van der Waals surface area (Å²) >= 11 is 0. The Balaban J connectivity index is 2.78. The topological polar surface area (TPSA) is 72.8 Å². The second-order valence-electron chi connectivity index (χ2n) is 5.65. The van der Waals surface area contributed by atoms with Gasteiger partial charge >= 0.3 is 11.9 Å². The Kier molecular flexibility index (Phi) is 5.74. The van der Waals surface area contributed by atoms with Crippen LogP contribution in [0.4, 0.5) is 0 Å². The average molecular weight is 284 g/mol. The van der Waals surface area contributed by atoms with Crippen molar-refractivity contribution in [2.24, 2.45) is 17.3 Å². The van der Waals surface area contributed by atoms with Gasteiger partial charge in [-0.1, -0.05) is 26.0 Å². The maximum Gasteiger partial charge on any atom is 0.320 e. The number of aliphatic hydroxyl groups excluding tert-OH is 1. The van der Waals surface area contributed by atoms with Crippen LogP contribution in [0.15, 0.2) is 12.2 Å². The highest BCUT2D eigenvalue weighted by Crippen LogP contribution is 2.42. The fourth-order valence-corrected chi connectivity index (χ4v) is 2.66. The van der Waals surface area contributed by atoms with Gasteiger partial charge in [-0.2, -0.15) is 0 Å². The Morgan fingerprint density at radius 2 is 1.90 bits per heavy atom. The smallest absolute Gasteiger partial charge is 0.320 e. The number of hydrogen-bond donors (Lipinski definition) is 1. The maximum absolute atomic E-state index is 11.7. The van der Waals surface area contributed by atoms with Crippen molar-refractivity contribution < 1.29 is 24.2 Å². The van der Waals surface area contributed by atoms with Crippen molar-refractivity contribution >= 4 is 11.9 Å². The number of rotatable bonds is 5. The number of methoxy groups -OCH3 is 2. The Morgan fingerprint density at radius 3 is 2.35 bits per heavy atom. The molecule has 5 nitrogen and oxygen atoms in total. The van der Waals surface area contributed by atoms with Gasteiger partial charge in [-0.15, -0.1) is 0 Å². The molecule has 1 aliphatic rings. The third-order valence-electron chi connectivity index (χ3n) is 4.55. The standard InChI is InChI=1S/C15H24O5/c1-10-6-5-7-12(16)15(10,2)9-8-11(13(17)19-3)14(18)20-4/h5,7,10-12,16H,6,8-9H2,1-4H3/t10-,12?,15-/m0/s1. The molecule has 0 saturated heterocycles. The summed E-state index contributed by atoms with van der Waals surface area (Å²) in [6.07, 6.45) is 4.93. The first kappa shape index (κ1) is 16.7. The second-order valence-corrected chi connectivity index (χ2v) is 5.65. The Hall–Kier alpha value is -1.36. The zero-order chi connectivity index (χ0) is 15.3. The lowest BCUT2D eigenvalue weighted by Gasteiger charge is -2.41. The second kappa shape index (κ2) is 6.88. The van der Waals surface area contributed by atoms with Gasteiger partial charge in [-0.05, 0) is 30.6 Å². The van der Waals surface area contributed by atoms with Crippen molar-refractivity contribution in [3.05, 3.63) is 12.2 Å². The number of carbonyl (C=O) groups excluding carboxylic acids is 2. The van der Waals surface area contributed by atoms with E-state index >= 15 is 0 Å². The molecule has 0 aromatic rings. The molecule has 20 heavy (non-hydrogen) atoms. The monoisotopic (exact) mass is 284 g/mol. The van der Waals surface area contributed by atoms with Crippen LogP contribution in [0.2, 0.25) is 0 Å². The van der Waals surface area contributed by atoms with Gasteiger partial charge in [0.15, 0.2) is 5.92 Å². The van der Waals surface area contributed by atoms with Gasteiger partial charge in [0.2, 0.25) is 0 Å². The molecular formula is C15H24O5. The lowest BCUT2D eigenvalue weighted by molar-refractivity contribution is -0.159. The molecule has 114 valence electrons. The minimum atomic E-state index is -0.924. The molecule has 0 heterocycles. The molecule has 0 amide bonds. The van der Waals surface area contributed by atoms with Crippen LogP contribution in [0.5, 0.6) is 0 Å². The zero-order valence-corrected chi connectivity index (χ0v) is 12.6. The normalized spacial score (nSPS) is 29.3. The van der Waals surface area contributed by atoms with Crippen molar-refractivity contribution in [2.75, 3.05) is 14.2 Å². The third-order valence-corrected chi connectivity index (χ3v) is 4.55. The number of carbonyl (C=O) groups is 2. The predicted octanol–water partition coefficient (Wildman–Crippen LogP) is 1.69. The van der Waals surface area contributed by atoms with E-state index in [2.05, 4.69) is 16.4 Å². The highest BCUT2D eigenvalue weighted by molar-refractivity contribution is 5.94. The first-order valence-corrected chi connectivity index (χ1v) is 6.87. The number of aliphatic hydroxyl groups is 1. The molecule has 0 spiro atoms. The SMILES string of the molecule is COC(=O)C(CC[C@]1(C)C(O)C=CC[C@@H]1C)C(=O)OC. The lowest BCUT2D eigenvalue weighted by atomic mass is 9.66. The Bertz CT molecular complexity index is 374. The van der Waals surface area contributed by atoms with Crippen molar-refractivity contribution in [1.29, 1.82) is 0 Å². The molecule has 0 aromatic carbocycles. The number of esters is 2. The summed E-state index contributed by atoms with van der Waals surface area (Å²) in [5, 5.41) is 10.2. The fraction of sp³-hybridized carbons (Fsp3) is 0.733. The molecule has 0 saturated carbocycles. The van der Waals surface area contributed by atoms with Crippen LogP contribution in [0, 0.1) is 17.3 Å². The molecule has 1 aliphatic carbocycles. The lowest BCUT2D eigenvalue weighted by Crippen LogP contribution is -2.40. The molecule has 5 heteroatoms. The largest absolute Gasteiger partial charge is 0.468 e. The molecule has 0 aliphatic heterocycles. The van der Waals surface area contributed by atoms with Crippen molar-refractivity contribution in [2.45, 2.75) is 39.2 Å². The summed E-state index contributed by atoms with van der Waals surface area (Å²) in [6, 6.07) is 0. The van der Waals surface area contributed by atoms with Crippen LogP contribution in [0.1, 0.15) is 33.1 Å². The summed E-state index contributed by atoms with van der Waals surface area (Å²) in [6.45, 7) is 4.05. The minimum absolute atomic E-state index is 0.276. The average Bonchev–Trinajstić information content (AvgIpc) is 2.44. The van der Waals surface area contributed by atoms with Crippen LogP contribution >= 0.6 is 0 Å². The van der Waals surface area contributed by atoms with E-state index in [4.69, 9.17) is 0 Å². The fourth-order valence-electron chi connectivity index (χ4n) is 2.66. The molecule has 0 radical (unpaired) electrons. The van der Waals surface area contributed by atoms with Gasteiger partial charge < -0.3 is 14.6 Å². The molecule has 0 bridgehead atoms. The molecular weight excluding hydrogens is 260 g/mol. The van der Waals surface area contributed by atoms with Gasteiger partial charge in [-0.3, -0.25) is 9.59 Å². The summed E-state index contributed by atoms with van der Waals surface area (Å²) in [5.41, 5.74) is -0.352. The zero-order valence-electron chi connectivity index (χ0n) is 12.6. The van der Waals surface area contributed by atoms with Gasteiger partial charge in [-0.25, -0.2) is 0 Å². The Morgan fingerprint density at radius 1 is 1.35 bits per heavy atom. The molecule has 0 fully saturated rings. The van der Waals surface area contributed by atoms with Crippen LogP contribution < -0.4 is 0 Å². The number of hydrogen-bond acceptors (Lipinski definition) is 5. The van der Waals surface area contributed by atoms with E-state index in [0.717, 1.165) is 6.42 Å². The molecule has 0 aromatic heterocycles. The van der Waals surface area contributed by atoms with Gasteiger partial charge in [0, 0.05) is 0 Å². The highest BCUT2D eigenvalue weighted by Gasteiger charge is 2.40. The first-order chi connectivity index (χ1) is 9.36. The van der Waals surface area contributed by atoms with E-state index in [1.54, 1.807) is 6.08 Å².